The number of anilines is 1. The second kappa shape index (κ2) is 6.26. The number of carbonyl (C=O) groups is 2. The van der Waals surface area contributed by atoms with Crippen LogP contribution in [0, 0.1) is 0 Å². The largest absolute Gasteiger partial charge is 0.448 e. The van der Waals surface area contributed by atoms with E-state index in [1.807, 2.05) is 6.92 Å². The van der Waals surface area contributed by atoms with Crippen molar-refractivity contribution in [2.24, 2.45) is 0 Å². The SMILES string of the molecule is CCCn1cc(N)cc1C(=O)OC(C)C(=O)N(C)C. The van der Waals surface area contributed by atoms with Gasteiger partial charge in [0.25, 0.3) is 5.91 Å². The number of aromatic nitrogens is 1. The van der Waals surface area contributed by atoms with E-state index in [0.29, 0.717) is 17.9 Å². The molecule has 0 aliphatic rings. The molecule has 1 amide bonds. The smallest absolute Gasteiger partial charge is 0.355 e. The molecular formula is C13H21N3O3. The van der Waals surface area contributed by atoms with E-state index in [2.05, 4.69) is 0 Å². The molecule has 0 spiro atoms. The fourth-order valence-corrected chi connectivity index (χ4v) is 1.76. The third kappa shape index (κ3) is 3.74. The Kier molecular flexibility index (Phi) is 4.97. The molecule has 1 atom stereocenters. The first-order valence-electron chi connectivity index (χ1n) is 6.24. The van der Waals surface area contributed by atoms with Crippen LogP contribution in [0.15, 0.2) is 12.3 Å². The van der Waals surface area contributed by atoms with E-state index in [4.69, 9.17) is 10.5 Å². The van der Waals surface area contributed by atoms with Crippen LogP contribution in [0.2, 0.25) is 0 Å². The Morgan fingerprint density at radius 2 is 2.11 bits per heavy atom. The van der Waals surface area contributed by atoms with E-state index < -0.39 is 12.1 Å². The molecule has 1 aromatic rings. The fraction of sp³-hybridized carbons (Fsp3) is 0.538. The molecule has 1 unspecified atom stereocenters. The van der Waals surface area contributed by atoms with Crippen molar-refractivity contribution in [1.82, 2.24) is 9.47 Å². The Hall–Kier alpha value is -1.98. The van der Waals surface area contributed by atoms with Gasteiger partial charge in [-0.2, -0.15) is 0 Å². The van der Waals surface area contributed by atoms with Crippen LogP contribution < -0.4 is 5.73 Å². The van der Waals surface area contributed by atoms with Crippen LogP contribution >= 0.6 is 0 Å². The highest BCUT2D eigenvalue weighted by atomic mass is 16.5. The van der Waals surface area contributed by atoms with E-state index in [-0.39, 0.29) is 5.91 Å². The van der Waals surface area contributed by atoms with Gasteiger partial charge in [0.2, 0.25) is 0 Å². The number of ether oxygens (including phenoxy) is 1. The number of carbonyl (C=O) groups excluding carboxylic acids is 2. The Morgan fingerprint density at radius 1 is 1.47 bits per heavy atom. The second-order valence-electron chi connectivity index (χ2n) is 4.63. The van der Waals surface area contributed by atoms with Crippen molar-refractivity contribution in [3.63, 3.8) is 0 Å². The van der Waals surface area contributed by atoms with Gasteiger partial charge in [-0.05, 0) is 19.4 Å². The third-order valence-corrected chi connectivity index (χ3v) is 2.66. The summed E-state index contributed by atoms with van der Waals surface area (Å²) >= 11 is 0. The van der Waals surface area contributed by atoms with Crippen molar-refractivity contribution in [2.45, 2.75) is 32.9 Å². The highest BCUT2D eigenvalue weighted by Crippen LogP contribution is 2.13. The van der Waals surface area contributed by atoms with E-state index in [9.17, 15) is 9.59 Å². The number of hydrogen-bond donors (Lipinski definition) is 1. The molecule has 0 aromatic carbocycles. The number of nitrogen functional groups attached to an aromatic ring is 1. The van der Waals surface area contributed by atoms with Crippen LogP contribution in [-0.4, -0.2) is 41.5 Å². The van der Waals surface area contributed by atoms with Gasteiger partial charge in [0.05, 0.1) is 5.69 Å². The molecule has 6 heteroatoms. The average molecular weight is 267 g/mol. The predicted octanol–water partition coefficient (Wildman–Crippen LogP) is 1.11. The first-order valence-corrected chi connectivity index (χ1v) is 6.24. The van der Waals surface area contributed by atoms with Crippen LogP contribution in [0.3, 0.4) is 0 Å². The molecule has 0 saturated carbocycles. The molecule has 6 nitrogen and oxygen atoms in total. The minimum absolute atomic E-state index is 0.255. The quantitative estimate of drug-likeness (QED) is 0.811. The summed E-state index contributed by atoms with van der Waals surface area (Å²) in [5.74, 6) is -0.789. The van der Waals surface area contributed by atoms with Gasteiger partial charge in [-0.15, -0.1) is 0 Å². The Bertz CT molecular complexity index is 466. The summed E-state index contributed by atoms with van der Waals surface area (Å²) in [6.07, 6.45) is 1.76. The number of nitrogens with two attached hydrogens (primary N) is 1. The van der Waals surface area contributed by atoms with Gasteiger partial charge < -0.3 is 19.9 Å². The van der Waals surface area contributed by atoms with Gasteiger partial charge in [-0.25, -0.2) is 4.79 Å². The van der Waals surface area contributed by atoms with Crippen LogP contribution in [0.25, 0.3) is 0 Å². The van der Waals surface area contributed by atoms with Crippen LogP contribution in [-0.2, 0) is 16.1 Å². The molecule has 2 N–H and O–H groups in total. The van der Waals surface area contributed by atoms with E-state index in [1.165, 1.54) is 4.90 Å². The van der Waals surface area contributed by atoms with Gasteiger partial charge in [-0.3, -0.25) is 4.79 Å². The van der Waals surface area contributed by atoms with Crippen LogP contribution in [0.4, 0.5) is 5.69 Å². The van der Waals surface area contributed by atoms with Crippen molar-refractivity contribution < 1.29 is 14.3 Å². The van der Waals surface area contributed by atoms with Crippen LogP contribution in [0.1, 0.15) is 30.8 Å². The lowest BCUT2D eigenvalue weighted by atomic mass is 10.3. The molecule has 106 valence electrons. The molecule has 0 saturated heterocycles. The fourth-order valence-electron chi connectivity index (χ4n) is 1.76. The molecular weight excluding hydrogens is 246 g/mol. The molecule has 0 aliphatic heterocycles. The van der Waals surface area contributed by atoms with Gasteiger partial charge in [-0.1, -0.05) is 6.92 Å². The summed E-state index contributed by atoms with van der Waals surface area (Å²) in [4.78, 5) is 25.1. The second-order valence-corrected chi connectivity index (χ2v) is 4.63. The summed E-state index contributed by atoms with van der Waals surface area (Å²) in [5.41, 5.74) is 6.56. The first kappa shape index (κ1) is 15.1. The lowest BCUT2D eigenvalue weighted by Gasteiger charge is -2.17. The van der Waals surface area contributed by atoms with E-state index >= 15 is 0 Å². The van der Waals surface area contributed by atoms with Gasteiger partial charge in [0.15, 0.2) is 6.10 Å². The monoisotopic (exact) mass is 267 g/mol. The molecule has 1 aromatic heterocycles. The summed E-state index contributed by atoms with van der Waals surface area (Å²) in [7, 11) is 3.23. The molecule has 0 fully saturated rings. The summed E-state index contributed by atoms with van der Waals surface area (Å²) in [6, 6.07) is 1.56. The average Bonchev–Trinajstić information content (AvgIpc) is 2.69. The number of aryl methyl sites for hydroxylation is 1. The first-order chi connectivity index (χ1) is 8.86. The van der Waals surface area contributed by atoms with Crippen molar-refractivity contribution in [3.05, 3.63) is 18.0 Å². The lowest BCUT2D eigenvalue weighted by molar-refractivity contribution is -0.137. The summed E-state index contributed by atoms with van der Waals surface area (Å²) in [5, 5.41) is 0. The van der Waals surface area contributed by atoms with E-state index in [0.717, 1.165) is 6.42 Å². The van der Waals surface area contributed by atoms with Crippen molar-refractivity contribution in [2.75, 3.05) is 19.8 Å². The third-order valence-electron chi connectivity index (χ3n) is 2.66. The maximum Gasteiger partial charge on any atom is 0.355 e. The molecule has 1 heterocycles. The van der Waals surface area contributed by atoms with Crippen molar-refractivity contribution in [1.29, 1.82) is 0 Å². The molecule has 0 aliphatic carbocycles. The maximum atomic E-state index is 12.0. The zero-order valence-electron chi connectivity index (χ0n) is 11.8. The molecule has 0 radical (unpaired) electrons. The predicted molar refractivity (Wildman–Crippen MR) is 72.7 cm³/mol. The maximum absolute atomic E-state index is 12.0. The summed E-state index contributed by atoms with van der Waals surface area (Å²) < 4.78 is 6.89. The topological polar surface area (TPSA) is 77.6 Å². The Labute approximate surface area is 113 Å². The van der Waals surface area contributed by atoms with E-state index in [1.54, 1.807) is 37.8 Å². The zero-order chi connectivity index (χ0) is 14.6. The zero-order valence-corrected chi connectivity index (χ0v) is 11.8. The van der Waals surface area contributed by atoms with Gasteiger partial charge in [0, 0.05) is 26.8 Å². The normalized spacial score (nSPS) is 12.0. The number of nitrogens with zero attached hydrogens (tertiary/aromatic N) is 2. The Morgan fingerprint density at radius 3 is 2.63 bits per heavy atom. The number of hydrogen-bond acceptors (Lipinski definition) is 4. The molecule has 0 bridgehead atoms. The minimum Gasteiger partial charge on any atom is -0.448 e. The van der Waals surface area contributed by atoms with Gasteiger partial charge >= 0.3 is 5.97 Å². The van der Waals surface area contributed by atoms with Crippen molar-refractivity contribution >= 4 is 17.6 Å². The number of amides is 1. The lowest BCUT2D eigenvalue weighted by Crippen LogP contribution is -2.35. The number of rotatable bonds is 5. The Balaban J connectivity index is 2.80. The summed E-state index contributed by atoms with van der Waals surface area (Å²) in [6.45, 7) is 4.23. The molecule has 1 rings (SSSR count). The van der Waals surface area contributed by atoms with Gasteiger partial charge in [0.1, 0.15) is 5.69 Å². The standard InChI is InChI=1S/C13H21N3O3/c1-5-6-16-8-10(14)7-11(16)13(18)19-9(2)12(17)15(3)4/h7-9H,5-6,14H2,1-4H3. The minimum atomic E-state index is -0.811. The highest BCUT2D eigenvalue weighted by Gasteiger charge is 2.22. The number of esters is 1. The van der Waals surface area contributed by atoms with Crippen molar-refractivity contribution in [3.8, 4) is 0 Å². The highest BCUT2D eigenvalue weighted by molar-refractivity contribution is 5.91. The number of likely N-dealkylation sites (N-methyl/N-ethyl adjacent to an activating group) is 1. The molecule has 19 heavy (non-hydrogen) atoms. The van der Waals surface area contributed by atoms with Crippen LogP contribution in [0.5, 0.6) is 0 Å².